The van der Waals surface area contributed by atoms with Gasteiger partial charge in [0, 0.05) is 40.7 Å². The van der Waals surface area contributed by atoms with E-state index in [2.05, 4.69) is 20.3 Å². The zero-order valence-corrected chi connectivity index (χ0v) is 17.7. The van der Waals surface area contributed by atoms with Crippen molar-refractivity contribution in [2.75, 3.05) is 5.32 Å². The van der Waals surface area contributed by atoms with Crippen LogP contribution in [-0.2, 0) is 0 Å². The Hall–Kier alpha value is -4.72. The van der Waals surface area contributed by atoms with Crippen LogP contribution in [0, 0.1) is 11.6 Å². The molecule has 5 aromatic rings. The average molecular weight is 453 g/mol. The lowest BCUT2D eigenvalue weighted by Gasteiger charge is -2.13. The molecule has 6 nitrogen and oxygen atoms in total. The number of nitrogens with zero attached hydrogens (tertiary/aromatic N) is 3. The van der Waals surface area contributed by atoms with Gasteiger partial charge in [-0.3, -0.25) is 9.78 Å². The summed E-state index contributed by atoms with van der Waals surface area (Å²) in [7, 11) is 0. The van der Waals surface area contributed by atoms with Crippen molar-refractivity contribution >= 4 is 28.3 Å². The van der Waals surface area contributed by atoms with Gasteiger partial charge >= 0.3 is 0 Å². The number of pyridine rings is 1. The minimum atomic E-state index is -0.972. The number of aromatic nitrogens is 3. The topological polar surface area (TPSA) is 93.8 Å². The second kappa shape index (κ2) is 8.67. The Morgan fingerprint density at radius 3 is 2.41 bits per heavy atom. The first-order valence-electron chi connectivity index (χ1n) is 10.3. The normalized spacial score (nSPS) is 10.9. The van der Waals surface area contributed by atoms with Gasteiger partial charge in [-0.1, -0.05) is 18.2 Å². The van der Waals surface area contributed by atoms with Crippen LogP contribution in [0.15, 0.2) is 85.2 Å². The molecule has 0 aliphatic heterocycles. The van der Waals surface area contributed by atoms with Gasteiger partial charge in [-0.25, -0.2) is 18.7 Å². The highest BCUT2D eigenvalue weighted by Gasteiger charge is 2.13. The molecule has 5 rings (SSSR count). The average Bonchev–Trinajstić information content (AvgIpc) is 2.86. The number of benzene rings is 3. The van der Waals surface area contributed by atoms with Gasteiger partial charge in [-0.2, -0.15) is 0 Å². The summed E-state index contributed by atoms with van der Waals surface area (Å²) < 4.78 is 27.3. The summed E-state index contributed by atoms with van der Waals surface area (Å²) in [5, 5.41) is 3.73. The Bertz CT molecular complexity index is 1540. The van der Waals surface area contributed by atoms with E-state index in [1.807, 2.05) is 30.3 Å². The first-order chi connectivity index (χ1) is 16.5. The van der Waals surface area contributed by atoms with E-state index in [0.29, 0.717) is 39.4 Å². The molecule has 166 valence electrons. The lowest BCUT2D eigenvalue weighted by molar-refractivity contribution is 0.100. The summed E-state index contributed by atoms with van der Waals surface area (Å²) in [4.78, 5) is 25.0. The molecule has 0 saturated heterocycles. The summed E-state index contributed by atoms with van der Waals surface area (Å²) in [5.41, 5.74) is 9.08. The number of nitrogens with two attached hydrogens (primary N) is 1. The molecular formula is C26H17F2N5O. The number of anilines is 2. The Labute approximate surface area is 193 Å². The maximum absolute atomic E-state index is 13.8. The first kappa shape index (κ1) is 21.1. The molecule has 0 aliphatic carbocycles. The van der Waals surface area contributed by atoms with E-state index in [9.17, 15) is 13.6 Å². The predicted octanol–water partition coefficient (Wildman–Crippen LogP) is 5.48. The number of carbonyl (C=O) groups is 1. The molecular weight excluding hydrogens is 436 g/mol. The predicted molar refractivity (Wildman–Crippen MR) is 126 cm³/mol. The molecule has 0 saturated carbocycles. The fourth-order valence-electron chi connectivity index (χ4n) is 3.59. The largest absolute Gasteiger partial charge is 0.366 e. The minimum Gasteiger partial charge on any atom is -0.366 e. The third-order valence-corrected chi connectivity index (χ3v) is 5.28. The van der Waals surface area contributed by atoms with E-state index in [4.69, 9.17) is 5.73 Å². The number of amides is 1. The highest BCUT2D eigenvalue weighted by atomic mass is 19.2. The van der Waals surface area contributed by atoms with Crippen LogP contribution in [0.5, 0.6) is 0 Å². The van der Waals surface area contributed by atoms with Crippen LogP contribution in [0.4, 0.5) is 20.3 Å². The number of primary amides is 1. The highest BCUT2D eigenvalue weighted by molar-refractivity contribution is 5.97. The molecule has 3 N–H and O–H groups in total. The number of hydrogen-bond acceptors (Lipinski definition) is 5. The van der Waals surface area contributed by atoms with Crippen molar-refractivity contribution in [3.63, 3.8) is 0 Å². The Morgan fingerprint density at radius 1 is 0.824 bits per heavy atom. The van der Waals surface area contributed by atoms with Gasteiger partial charge < -0.3 is 11.1 Å². The smallest absolute Gasteiger partial charge is 0.248 e. The molecule has 34 heavy (non-hydrogen) atoms. The van der Waals surface area contributed by atoms with Crippen molar-refractivity contribution in [1.29, 1.82) is 0 Å². The number of halogens is 2. The number of hydrogen-bond donors (Lipinski definition) is 2. The Morgan fingerprint density at radius 2 is 1.65 bits per heavy atom. The number of fused-ring (bicyclic) bond motifs is 1. The second-order valence-electron chi connectivity index (χ2n) is 7.57. The van der Waals surface area contributed by atoms with E-state index >= 15 is 0 Å². The van der Waals surface area contributed by atoms with E-state index in [0.717, 1.165) is 23.3 Å². The van der Waals surface area contributed by atoms with Gasteiger partial charge in [0.05, 0.1) is 5.52 Å². The molecule has 2 aromatic heterocycles. The van der Waals surface area contributed by atoms with Crippen LogP contribution >= 0.6 is 0 Å². The lowest BCUT2D eigenvalue weighted by Crippen LogP contribution is -2.10. The quantitative estimate of drug-likeness (QED) is 0.368. The van der Waals surface area contributed by atoms with E-state index in [1.54, 1.807) is 36.7 Å². The van der Waals surface area contributed by atoms with Crippen LogP contribution < -0.4 is 11.1 Å². The van der Waals surface area contributed by atoms with Crippen molar-refractivity contribution < 1.29 is 13.6 Å². The molecule has 8 heteroatoms. The number of carbonyl (C=O) groups excluding carboxylic acids is 1. The van der Waals surface area contributed by atoms with Gasteiger partial charge in [0.2, 0.25) is 5.91 Å². The monoisotopic (exact) mass is 453 g/mol. The molecule has 0 aliphatic rings. The van der Waals surface area contributed by atoms with Gasteiger partial charge in [-0.15, -0.1) is 0 Å². The van der Waals surface area contributed by atoms with Crippen LogP contribution in [0.2, 0.25) is 0 Å². The Balaban J connectivity index is 1.67. The molecule has 0 radical (unpaired) electrons. The van der Waals surface area contributed by atoms with Crippen LogP contribution in [0.1, 0.15) is 10.4 Å². The summed E-state index contributed by atoms with van der Waals surface area (Å²) in [6.07, 6.45) is 3.30. The van der Waals surface area contributed by atoms with E-state index in [1.165, 1.54) is 6.07 Å². The standard InChI is InChI=1S/C26H17F2N5O/c27-21-8-7-19(13-22(21)28)31-26-20-12-16(15-3-1-4-17(11-15)24(29)34)6-9-23(20)32-25(33-26)18-5-2-10-30-14-18/h1-14H,(H2,29,34)(H,31,32,33). The van der Waals surface area contributed by atoms with Gasteiger partial charge in [0.1, 0.15) is 5.82 Å². The molecule has 0 unspecified atom stereocenters. The first-order valence-corrected chi connectivity index (χ1v) is 10.3. The van der Waals surface area contributed by atoms with Crippen LogP contribution in [-0.4, -0.2) is 20.9 Å². The number of rotatable bonds is 5. The molecule has 0 bridgehead atoms. The molecule has 0 spiro atoms. The van der Waals surface area contributed by atoms with E-state index < -0.39 is 17.5 Å². The van der Waals surface area contributed by atoms with Crippen molar-refractivity contribution in [3.8, 4) is 22.5 Å². The van der Waals surface area contributed by atoms with E-state index in [-0.39, 0.29) is 0 Å². The van der Waals surface area contributed by atoms with Crippen molar-refractivity contribution in [2.45, 2.75) is 0 Å². The van der Waals surface area contributed by atoms with Gasteiger partial charge in [-0.05, 0) is 59.7 Å². The highest BCUT2D eigenvalue weighted by Crippen LogP contribution is 2.31. The van der Waals surface area contributed by atoms with Crippen molar-refractivity contribution in [1.82, 2.24) is 15.0 Å². The SMILES string of the molecule is NC(=O)c1cccc(-c2ccc3nc(-c4cccnc4)nc(Nc4ccc(F)c(F)c4)c3c2)c1. The maximum atomic E-state index is 13.8. The second-order valence-corrected chi connectivity index (χ2v) is 7.57. The fourth-order valence-corrected chi connectivity index (χ4v) is 3.59. The fraction of sp³-hybridized carbons (Fsp3) is 0. The summed E-state index contributed by atoms with van der Waals surface area (Å²) in [5.74, 6) is -1.60. The maximum Gasteiger partial charge on any atom is 0.248 e. The molecule has 2 heterocycles. The van der Waals surface area contributed by atoms with Gasteiger partial charge in [0.15, 0.2) is 17.5 Å². The molecule has 1 amide bonds. The van der Waals surface area contributed by atoms with Crippen molar-refractivity contribution in [2.24, 2.45) is 5.73 Å². The Kier molecular flexibility index (Phi) is 5.39. The number of nitrogens with one attached hydrogen (secondary N) is 1. The van der Waals surface area contributed by atoms with Crippen LogP contribution in [0.3, 0.4) is 0 Å². The summed E-state index contributed by atoms with van der Waals surface area (Å²) in [6.45, 7) is 0. The van der Waals surface area contributed by atoms with Crippen LogP contribution in [0.25, 0.3) is 33.4 Å². The zero-order chi connectivity index (χ0) is 23.7. The minimum absolute atomic E-state index is 0.331. The molecule has 3 aromatic carbocycles. The molecule has 0 fully saturated rings. The summed E-state index contributed by atoms with van der Waals surface area (Å²) >= 11 is 0. The molecule has 0 atom stereocenters. The van der Waals surface area contributed by atoms with Crippen molar-refractivity contribution in [3.05, 3.63) is 102 Å². The van der Waals surface area contributed by atoms with Gasteiger partial charge in [0.25, 0.3) is 0 Å². The summed E-state index contributed by atoms with van der Waals surface area (Å²) in [6, 6.07) is 19.7. The third-order valence-electron chi connectivity index (χ3n) is 5.28. The third kappa shape index (κ3) is 4.16. The zero-order valence-electron chi connectivity index (χ0n) is 17.7. The lowest BCUT2D eigenvalue weighted by atomic mass is 10.0.